The zero-order valence-electron chi connectivity index (χ0n) is 14.6. The van der Waals surface area contributed by atoms with Crippen molar-refractivity contribution in [2.75, 3.05) is 36.0 Å². The van der Waals surface area contributed by atoms with Crippen LogP contribution in [0.4, 0.5) is 11.4 Å². The first kappa shape index (κ1) is 19.6. The number of nitrogens with one attached hydrogen (secondary N) is 2. The third-order valence-corrected chi connectivity index (χ3v) is 4.58. The van der Waals surface area contributed by atoms with Crippen molar-refractivity contribution in [1.29, 1.82) is 10.8 Å². The van der Waals surface area contributed by atoms with Crippen molar-refractivity contribution in [2.45, 2.75) is 6.42 Å². The molecule has 0 radical (unpaired) electrons. The van der Waals surface area contributed by atoms with Gasteiger partial charge < -0.3 is 21.3 Å². The van der Waals surface area contributed by atoms with Gasteiger partial charge in [0.2, 0.25) is 0 Å². The number of hydrogen-bond acceptors (Lipinski definition) is 4. The van der Waals surface area contributed by atoms with Gasteiger partial charge in [0, 0.05) is 48.7 Å². The minimum absolute atomic E-state index is 0. The lowest BCUT2D eigenvalue weighted by molar-refractivity contribution is 0.806. The van der Waals surface area contributed by atoms with Crippen molar-refractivity contribution in [3.63, 3.8) is 0 Å². The van der Waals surface area contributed by atoms with Gasteiger partial charge in [-0.2, -0.15) is 0 Å². The quantitative estimate of drug-likeness (QED) is 0.488. The molecule has 0 spiro atoms. The number of halogens is 1. The van der Waals surface area contributed by atoms with Crippen molar-refractivity contribution in [2.24, 2.45) is 11.5 Å². The fourth-order valence-electron chi connectivity index (χ4n) is 3.14. The van der Waals surface area contributed by atoms with Crippen LogP contribution in [0, 0.1) is 10.8 Å². The second-order valence-electron chi connectivity index (χ2n) is 6.25. The van der Waals surface area contributed by atoms with Crippen LogP contribution in [0.2, 0.25) is 0 Å². The Labute approximate surface area is 160 Å². The Morgan fingerprint density at radius 3 is 1.31 bits per heavy atom. The first-order chi connectivity index (χ1) is 12.0. The van der Waals surface area contributed by atoms with Gasteiger partial charge in [0.25, 0.3) is 0 Å². The van der Waals surface area contributed by atoms with E-state index < -0.39 is 0 Å². The summed E-state index contributed by atoms with van der Waals surface area (Å²) >= 11 is 0. The molecule has 1 saturated heterocycles. The molecule has 6 nitrogen and oxygen atoms in total. The highest BCUT2D eigenvalue weighted by Gasteiger charge is 2.16. The molecule has 0 amide bonds. The number of anilines is 2. The summed E-state index contributed by atoms with van der Waals surface area (Å²) in [7, 11) is 0. The molecule has 2 aromatic carbocycles. The summed E-state index contributed by atoms with van der Waals surface area (Å²) < 4.78 is 0. The van der Waals surface area contributed by atoms with Crippen LogP contribution in [-0.4, -0.2) is 37.9 Å². The zero-order chi connectivity index (χ0) is 17.8. The van der Waals surface area contributed by atoms with Gasteiger partial charge in [-0.25, -0.2) is 0 Å². The smallest absolute Gasteiger partial charge is 0.122 e. The third-order valence-electron chi connectivity index (χ3n) is 4.58. The summed E-state index contributed by atoms with van der Waals surface area (Å²) in [5, 5.41) is 15.0. The predicted octanol–water partition coefficient (Wildman–Crippen LogP) is 2.39. The number of nitrogens with two attached hydrogens (primary N) is 2. The van der Waals surface area contributed by atoms with Crippen molar-refractivity contribution in [1.82, 2.24) is 0 Å². The number of nitrogens with zero attached hydrogens (tertiary/aromatic N) is 2. The van der Waals surface area contributed by atoms with E-state index in [2.05, 4.69) is 9.80 Å². The van der Waals surface area contributed by atoms with E-state index in [4.69, 9.17) is 22.3 Å². The molecule has 0 aliphatic carbocycles. The van der Waals surface area contributed by atoms with E-state index in [1.807, 2.05) is 48.5 Å². The predicted molar refractivity (Wildman–Crippen MR) is 111 cm³/mol. The van der Waals surface area contributed by atoms with Gasteiger partial charge in [-0.1, -0.05) is 0 Å². The molecule has 0 aromatic heterocycles. The summed E-state index contributed by atoms with van der Waals surface area (Å²) in [5.74, 6) is 0.199. The number of benzene rings is 2. The van der Waals surface area contributed by atoms with Crippen LogP contribution < -0.4 is 21.3 Å². The van der Waals surface area contributed by atoms with Crippen molar-refractivity contribution in [3.05, 3.63) is 59.7 Å². The molecule has 6 N–H and O–H groups in total. The second-order valence-corrected chi connectivity index (χ2v) is 6.25. The second kappa shape index (κ2) is 8.58. The lowest BCUT2D eigenvalue weighted by atomic mass is 10.2. The number of amidine groups is 2. The largest absolute Gasteiger partial charge is 0.384 e. The molecule has 0 atom stereocenters. The fourth-order valence-corrected chi connectivity index (χ4v) is 3.14. The summed E-state index contributed by atoms with van der Waals surface area (Å²) in [6.45, 7) is 3.88. The first-order valence-electron chi connectivity index (χ1n) is 8.43. The minimum Gasteiger partial charge on any atom is -0.384 e. The average molecular weight is 373 g/mol. The SMILES string of the molecule is Cl.N=C(N)c1ccc(N2CCCN(c3ccc(C(=N)N)cc3)CC2)cc1. The van der Waals surface area contributed by atoms with Gasteiger partial charge in [0.15, 0.2) is 0 Å². The van der Waals surface area contributed by atoms with Crippen LogP contribution in [0.15, 0.2) is 48.5 Å². The molecule has 2 aromatic rings. The Hall–Kier alpha value is -2.73. The maximum Gasteiger partial charge on any atom is 0.122 e. The van der Waals surface area contributed by atoms with Gasteiger partial charge in [0.1, 0.15) is 11.7 Å². The van der Waals surface area contributed by atoms with Gasteiger partial charge in [-0.05, 0) is 55.0 Å². The van der Waals surface area contributed by atoms with E-state index in [-0.39, 0.29) is 24.1 Å². The molecule has 1 aliphatic rings. The molecule has 0 bridgehead atoms. The monoisotopic (exact) mass is 372 g/mol. The topological polar surface area (TPSA) is 106 Å². The van der Waals surface area contributed by atoms with Gasteiger partial charge in [-0.3, -0.25) is 10.8 Å². The number of nitrogen functional groups attached to an aromatic ring is 2. The molecule has 1 heterocycles. The standard InChI is InChI=1S/C19H24N6.ClH/c20-18(21)14-2-6-16(7-3-14)24-10-1-11-25(13-12-24)17-8-4-15(5-9-17)19(22)23;/h2-9H,1,10-13H2,(H3,20,21)(H3,22,23);1H. The van der Waals surface area contributed by atoms with Crippen molar-refractivity contribution in [3.8, 4) is 0 Å². The normalized spacial score (nSPS) is 14.3. The molecule has 1 aliphatic heterocycles. The lowest BCUT2D eigenvalue weighted by Crippen LogP contribution is -2.30. The van der Waals surface area contributed by atoms with Crippen LogP contribution in [0.25, 0.3) is 0 Å². The van der Waals surface area contributed by atoms with E-state index in [9.17, 15) is 0 Å². The highest BCUT2D eigenvalue weighted by Crippen LogP contribution is 2.21. The van der Waals surface area contributed by atoms with Crippen LogP contribution in [0.1, 0.15) is 17.5 Å². The Kier molecular flexibility index (Phi) is 6.46. The Morgan fingerprint density at radius 2 is 1.00 bits per heavy atom. The average Bonchev–Trinajstić information content (AvgIpc) is 2.88. The number of rotatable bonds is 4. The maximum absolute atomic E-state index is 7.48. The van der Waals surface area contributed by atoms with Crippen LogP contribution in [0.5, 0.6) is 0 Å². The van der Waals surface area contributed by atoms with Crippen LogP contribution in [-0.2, 0) is 0 Å². The molecular weight excluding hydrogens is 348 g/mol. The molecule has 0 saturated carbocycles. The van der Waals surface area contributed by atoms with E-state index >= 15 is 0 Å². The van der Waals surface area contributed by atoms with Gasteiger partial charge in [0.05, 0.1) is 0 Å². The summed E-state index contributed by atoms with van der Waals surface area (Å²) in [4.78, 5) is 4.74. The highest BCUT2D eigenvalue weighted by molar-refractivity contribution is 5.95. The molecule has 1 fully saturated rings. The first-order valence-corrected chi connectivity index (χ1v) is 8.43. The molecule has 3 rings (SSSR count). The zero-order valence-corrected chi connectivity index (χ0v) is 15.4. The molecule has 26 heavy (non-hydrogen) atoms. The minimum atomic E-state index is 0. The van der Waals surface area contributed by atoms with Gasteiger partial charge in [-0.15, -0.1) is 12.4 Å². The van der Waals surface area contributed by atoms with Crippen LogP contribution in [0.3, 0.4) is 0 Å². The Balaban J connectivity index is 0.00000243. The third kappa shape index (κ3) is 4.46. The lowest BCUT2D eigenvalue weighted by Gasteiger charge is -2.25. The van der Waals surface area contributed by atoms with Crippen molar-refractivity contribution >= 4 is 35.5 Å². The van der Waals surface area contributed by atoms with Crippen LogP contribution >= 0.6 is 12.4 Å². The molecule has 138 valence electrons. The van der Waals surface area contributed by atoms with Crippen molar-refractivity contribution < 1.29 is 0 Å². The van der Waals surface area contributed by atoms with E-state index in [0.29, 0.717) is 0 Å². The molecule has 0 unspecified atom stereocenters. The summed E-state index contributed by atoms with van der Waals surface area (Å²) in [6, 6.07) is 15.8. The highest BCUT2D eigenvalue weighted by atomic mass is 35.5. The van der Waals surface area contributed by atoms with E-state index in [1.54, 1.807) is 0 Å². The number of hydrogen-bond donors (Lipinski definition) is 4. The maximum atomic E-state index is 7.48. The van der Waals surface area contributed by atoms with Gasteiger partial charge >= 0.3 is 0 Å². The molecular formula is C19H25ClN6. The molecule has 7 heteroatoms. The Bertz CT molecular complexity index is 691. The van der Waals surface area contributed by atoms with E-state index in [1.165, 1.54) is 11.4 Å². The fraction of sp³-hybridized carbons (Fsp3) is 0.263. The Morgan fingerprint density at radius 1 is 0.654 bits per heavy atom. The van der Waals surface area contributed by atoms with E-state index in [0.717, 1.165) is 43.7 Å². The summed E-state index contributed by atoms with van der Waals surface area (Å²) in [6.07, 6.45) is 1.07. The summed E-state index contributed by atoms with van der Waals surface area (Å²) in [5.41, 5.74) is 14.9.